The van der Waals surface area contributed by atoms with Crippen molar-refractivity contribution in [3.8, 4) is 5.75 Å². The van der Waals surface area contributed by atoms with Crippen LogP contribution >= 0.6 is 0 Å². The van der Waals surface area contributed by atoms with Crippen LogP contribution in [0.15, 0.2) is 34.9 Å². The van der Waals surface area contributed by atoms with Crippen molar-refractivity contribution in [1.29, 1.82) is 0 Å². The minimum absolute atomic E-state index is 0.0448. The Labute approximate surface area is 151 Å². The standard InChI is InChI=1S/C18H23N3O5/c1-12(2)17(22)20-13-4-6-14(7-5-13)25-11-15-10-16(21-26-15)18(23)19-8-9-24-3/h4-7,10,12H,8-9,11H2,1-3H3,(H,19,23)(H,20,22). The molecule has 0 atom stereocenters. The quantitative estimate of drug-likeness (QED) is 0.664. The van der Waals surface area contributed by atoms with Crippen LogP contribution < -0.4 is 15.4 Å². The Morgan fingerprint density at radius 3 is 2.62 bits per heavy atom. The molecular formula is C18H23N3O5. The van der Waals surface area contributed by atoms with Gasteiger partial charge in [0.25, 0.3) is 5.91 Å². The molecule has 0 saturated heterocycles. The molecule has 0 fully saturated rings. The van der Waals surface area contributed by atoms with Gasteiger partial charge in [-0.15, -0.1) is 0 Å². The lowest BCUT2D eigenvalue weighted by atomic mass is 10.2. The minimum Gasteiger partial charge on any atom is -0.486 e. The van der Waals surface area contributed by atoms with E-state index >= 15 is 0 Å². The van der Waals surface area contributed by atoms with E-state index in [0.29, 0.717) is 30.3 Å². The van der Waals surface area contributed by atoms with E-state index in [1.165, 1.54) is 6.07 Å². The largest absolute Gasteiger partial charge is 0.486 e. The molecule has 0 aliphatic heterocycles. The monoisotopic (exact) mass is 361 g/mol. The fraction of sp³-hybridized carbons (Fsp3) is 0.389. The average Bonchev–Trinajstić information content (AvgIpc) is 3.10. The van der Waals surface area contributed by atoms with Crippen molar-refractivity contribution in [3.63, 3.8) is 0 Å². The van der Waals surface area contributed by atoms with E-state index in [2.05, 4.69) is 15.8 Å². The Hall–Kier alpha value is -2.87. The predicted octanol–water partition coefficient (Wildman–Crippen LogP) is 2.22. The summed E-state index contributed by atoms with van der Waals surface area (Å²) in [4.78, 5) is 23.5. The Kier molecular flexibility index (Phi) is 7.16. The number of carbonyl (C=O) groups excluding carboxylic acids is 2. The zero-order valence-corrected chi connectivity index (χ0v) is 15.1. The minimum atomic E-state index is -0.331. The van der Waals surface area contributed by atoms with Gasteiger partial charge in [0, 0.05) is 31.3 Å². The molecule has 2 aromatic rings. The maximum Gasteiger partial charge on any atom is 0.273 e. The molecule has 0 saturated carbocycles. The SMILES string of the molecule is COCCNC(=O)c1cc(COc2ccc(NC(=O)C(C)C)cc2)on1. The van der Waals surface area contributed by atoms with Gasteiger partial charge in [-0.05, 0) is 24.3 Å². The predicted molar refractivity (Wildman–Crippen MR) is 95.0 cm³/mol. The topological polar surface area (TPSA) is 103 Å². The van der Waals surface area contributed by atoms with Gasteiger partial charge in [-0.2, -0.15) is 0 Å². The summed E-state index contributed by atoms with van der Waals surface area (Å²) in [5.41, 5.74) is 0.886. The van der Waals surface area contributed by atoms with Crippen LogP contribution in [0, 0.1) is 5.92 Å². The number of amides is 2. The number of hydrogen-bond donors (Lipinski definition) is 2. The van der Waals surface area contributed by atoms with Crippen LogP contribution in [0.5, 0.6) is 5.75 Å². The highest BCUT2D eigenvalue weighted by Gasteiger charge is 2.12. The maximum absolute atomic E-state index is 11.8. The third-order valence-electron chi connectivity index (χ3n) is 3.41. The Morgan fingerprint density at radius 1 is 1.23 bits per heavy atom. The van der Waals surface area contributed by atoms with Crippen molar-refractivity contribution in [1.82, 2.24) is 10.5 Å². The van der Waals surface area contributed by atoms with Crippen molar-refractivity contribution in [2.45, 2.75) is 20.5 Å². The number of rotatable bonds is 9. The number of ether oxygens (including phenoxy) is 2. The third-order valence-corrected chi connectivity index (χ3v) is 3.41. The molecule has 26 heavy (non-hydrogen) atoms. The highest BCUT2D eigenvalue weighted by Crippen LogP contribution is 2.18. The Balaban J connectivity index is 1.83. The molecule has 8 heteroatoms. The first-order valence-corrected chi connectivity index (χ1v) is 8.26. The van der Waals surface area contributed by atoms with E-state index in [0.717, 1.165) is 0 Å². The van der Waals surface area contributed by atoms with Crippen LogP contribution in [0.25, 0.3) is 0 Å². The summed E-state index contributed by atoms with van der Waals surface area (Å²) in [6.45, 7) is 4.61. The van der Waals surface area contributed by atoms with Crippen molar-refractivity contribution in [2.24, 2.45) is 5.92 Å². The molecule has 2 N–H and O–H groups in total. The molecule has 0 radical (unpaired) electrons. The van der Waals surface area contributed by atoms with E-state index < -0.39 is 0 Å². The summed E-state index contributed by atoms with van der Waals surface area (Å²) >= 11 is 0. The number of nitrogens with zero attached hydrogens (tertiary/aromatic N) is 1. The number of methoxy groups -OCH3 is 1. The number of anilines is 1. The number of hydrogen-bond acceptors (Lipinski definition) is 6. The van der Waals surface area contributed by atoms with Gasteiger partial charge in [0.1, 0.15) is 12.4 Å². The lowest BCUT2D eigenvalue weighted by Gasteiger charge is -2.08. The first-order chi connectivity index (χ1) is 12.5. The zero-order chi connectivity index (χ0) is 18.9. The first kappa shape index (κ1) is 19.5. The van der Waals surface area contributed by atoms with Crippen LogP contribution in [-0.2, 0) is 16.1 Å². The molecule has 2 rings (SSSR count). The van der Waals surface area contributed by atoms with Crippen LogP contribution in [0.2, 0.25) is 0 Å². The van der Waals surface area contributed by atoms with E-state index in [1.54, 1.807) is 31.4 Å². The molecule has 1 heterocycles. The van der Waals surface area contributed by atoms with Crippen molar-refractivity contribution >= 4 is 17.5 Å². The summed E-state index contributed by atoms with van der Waals surface area (Å²) in [5.74, 6) is 0.575. The molecule has 1 aromatic carbocycles. The number of benzene rings is 1. The van der Waals surface area contributed by atoms with Crippen LogP contribution in [0.1, 0.15) is 30.1 Å². The third kappa shape index (κ3) is 5.89. The fourth-order valence-electron chi connectivity index (χ4n) is 1.92. The van der Waals surface area contributed by atoms with Gasteiger partial charge >= 0.3 is 0 Å². The second kappa shape index (κ2) is 9.57. The second-order valence-electron chi connectivity index (χ2n) is 5.88. The van der Waals surface area contributed by atoms with Gasteiger partial charge in [-0.25, -0.2) is 0 Å². The molecule has 0 aliphatic carbocycles. The van der Waals surface area contributed by atoms with Crippen LogP contribution in [0.4, 0.5) is 5.69 Å². The van der Waals surface area contributed by atoms with Crippen molar-refractivity contribution in [3.05, 3.63) is 41.8 Å². The van der Waals surface area contributed by atoms with E-state index in [-0.39, 0.29) is 30.0 Å². The van der Waals surface area contributed by atoms with Crippen molar-refractivity contribution in [2.75, 3.05) is 25.6 Å². The van der Waals surface area contributed by atoms with Crippen LogP contribution in [-0.4, -0.2) is 37.2 Å². The van der Waals surface area contributed by atoms with Gasteiger partial charge in [0.15, 0.2) is 11.5 Å². The molecule has 1 aromatic heterocycles. The van der Waals surface area contributed by atoms with Gasteiger partial charge < -0.3 is 24.6 Å². The number of nitrogens with one attached hydrogen (secondary N) is 2. The normalized spacial score (nSPS) is 10.6. The molecule has 8 nitrogen and oxygen atoms in total. The van der Waals surface area contributed by atoms with Crippen molar-refractivity contribution < 1.29 is 23.6 Å². The number of carbonyl (C=O) groups is 2. The molecular weight excluding hydrogens is 338 g/mol. The smallest absolute Gasteiger partial charge is 0.273 e. The van der Waals surface area contributed by atoms with E-state index in [9.17, 15) is 9.59 Å². The molecule has 0 unspecified atom stereocenters. The summed E-state index contributed by atoms with van der Waals surface area (Å²) in [7, 11) is 1.56. The number of aromatic nitrogens is 1. The van der Waals surface area contributed by atoms with E-state index in [1.807, 2.05) is 13.8 Å². The van der Waals surface area contributed by atoms with Gasteiger partial charge in [0.05, 0.1) is 6.61 Å². The Morgan fingerprint density at radius 2 is 1.96 bits per heavy atom. The highest BCUT2D eigenvalue weighted by molar-refractivity contribution is 5.92. The first-order valence-electron chi connectivity index (χ1n) is 8.26. The molecule has 0 bridgehead atoms. The second-order valence-corrected chi connectivity index (χ2v) is 5.88. The maximum atomic E-state index is 11.8. The zero-order valence-electron chi connectivity index (χ0n) is 15.1. The van der Waals surface area contributed by atoms with Gasteiger partial charge in [0.2, 0.25) is 5.91 Å². The van der Waals surface area contributed by atoms with Crippen LogP contribution in [0.3, 0.4) is 0 Å². The molecule has 140 valence electrons. The van der Waals surface area contributed by atoms with Gasteiger partial charge in [-0.1, -0.05) is 19.0 Å². The lowest BCUT2D eigenvalue weighted by Crippen LogP contribution is -2.27. The average molecular weight is 361 g/mol. The molecule has 0 spiro atoms. The van der Waals surface area contributed by atoms with E-state index in [4.69, 9.17) is 14.0 Å². The molecule has 2 amide bonds. The molecule has 0 aliphatic rings. The highest BCUT2D eigenvalue weighted by atomic mass is 16.5. The Bertz CT molecular complexity index is 725. The summed E-state index contributed by atoms with van der Waals surface area (Å²) in [6, 6.07) is 8.52. The lowest BCUT2D eigenvalue weighted by molar-refractivity contribution is -0.118. The summed E-state index contributed by atoms with van der Waals surface area (Å²) in [5, 5.41) is 9.17. The fourth-order valence-corrected chi connectivity index (χ4v) is 1.92. The summed E-state index contributed by atoms with van der Waals surface area (Å²) in [6.07, 6.45) is 0. The summed E-state index contributed by atoms with van der Waals surface area (Å²) < 4.78 is 15.5. The van der Waals surface area contributed by atoms with Gasteiger partial charge in [-0.3, -0.25) is 9.59 Å².